The number of rotatable bonds is 1. The number of aliphatic hydroxyl groups is 1. The molecule has 1 N–H and O–H groups in total. The summed E-state index contributed by atoms with van der Waals surface area (Å²) in [7, 11) is 0. The van der Waals surface area contributed by atoms with Gasteiger partial charge in [0.05, 0.1) is 6.10 Å². The Bertz CT molecular complexity index is 686. The van der Waals surface area contributed by atoms with E-state index in [0.29, 0.717) is 18.4 Å². The van der Waals surface area contributed by atoms with E-state index in [1.165, 1.54) is 12.2 Å². The van der Waals surface area contributed by atoms with Gasteiger partial charge in [-0.3, -0.25) is 9.59 Å². The van der Waals surface area contributed by atoms with E-state index in [2.05, 4.69) is 26.5 Å². The van der Waals surface area contributed by atoms with Crippen molar-refractivity contribution in [3.8, 4) is 0 Å². The molecule has 0 amide bonds. The number of halogens is 1. The normalized spacial score (nSPS) is 51.4. The van der Waals surface area contributed by atoms with Gasteiger partial charge in [-0.2, -0.15) is 0 Å². The Hall–Kier alpha value is -0.940. The van der Waals surface area contributed by atoms with Crippen LogP contribution in [0.3, 0.4) is 0 Å². The molecule has 0 aromatic heterocycles. The topological polar surface area (TPSA) is 54.4 Å². The Morgan fingerprint density at radius 1 is 1.40 bits per heavy atom. The second kappa shape index (κ2) is 5.78. The van der Waals surface area contributed by atoms with Crippen LogP contribution in [0.5, 0.6) is 0 Å². The van der Waals surface area contributed by atoms with Crippen LogP contribution in [-0.4, -0.2) is 28.3 Å². The lowest BCUT2D eigenvalue weighted by atomic mass is 9.50. The molecule has 25 heavy (non-hydrogen) atoms. The summed E-state index contributed by atoms with van der Waals surface area (Å²) in [6, 6.07) is 0. The smallest absolute Gasteiger partial charge is 0.189 e. The summed E-state index contributed by atoms with van der Waals surface area (Å²) in [4.78, 5) is 23.8. The number of aliphatic hydroxyl groups excluding tert-OH is 1. The fourth-order valence-electron chi connectivity index (χ4n) is 6.76. The number of carbonyl (C=O) groups excluding carboxylic acids is 2. The summed E-state index contributed by atoms with van der Waals surface area (Å²) in [6.45, 7) is 4.15. The lowest BCUT2D eigenvalue weighted by Crippen LogP contribution is -2.54. The van der Waals surface area contributed by atoms with E-state index in [1.807, 2.05) is 0 Å². The van der Waals surface area contributed by atoms with E-state index in [0.717, 1.165) is 6.42 Å². The molecule has 0 aromatic rings. The molecule has 4 rings (SSSR count). The monoisotopic (exact) mass is 364 g/mol. The van der Waals surface area contributed by atoms with Gasteiger partial charge in [-0.1, -0.05) is 19.9 Å². The van der Waals surface area contributed by atoms with Crippen molar-refractivity contribution < 1.29 is 19.1 Å². The van der Waals surface area contributed by atoms with Crippen LogP contribution >= 0.6 is 12.6 Å². The van der Waals surface area contributed by atoms with Crippen LogP contribution in [0.15, 0.2) is 23.8 Å². The third-order valence-corrected chi connectivity index (χ3v) is 7.82. The van der Waals surface area contributed by atoms with Crippen molar-refractivity contribution in [1.82, 2.24) is 0 Å². The van der Waals surface area contributed by atoms with Gasteiger partial charge >= 0.3 is 0 Å². The summed E-state index contributed by atoms with van der Waals surface area (Å²) >= 11 is 4.12. The Morgan fingerprint density at radius 2 is 2.12 bits per heavy atom. The molecule has 0 heterocycles. The molecule has 3 fully saturated rings. The Kier molecular flexibility index (Phi) is 4.04. The van der Waals surface area contributed by atoms with Crippen LogP contribution in [0.4, 0.5) is 4.39 Å². The maximum absolute atomic E-state index is 14.9. The molecule has 5 heteroatoms. The molecule has 0 aliphatic heterocycles. The van der Waals surface area contributed by atoms with Crippen molar-refractivity contribution >= 4 is 23.5 Å². The Morgan fingerprint density at radius 3 is 2.80 bits per heavy atom. The average molecular weight is 364 g/mol. The van der Waals surface area contributed by atoms with Crippen LogP contribution in [0.2, 0.25) is 0 Å². The van der Waals surface area contributed by atoms with Crippen molar-refractivity contribution in [3.05, 3.63) is 23.8 Å². The minimum atomic E-state index is -1.14. The van der Waals surface area contributed by atoms with E-state index >= 15 is 0 Å². The zero-order valence-corrected chi connectivity index (χ0v) is 15.5. The highest BCUT2D eigenvalue weighted by Crippen LogP contribution is 2.65. The number of hydrogen-bond acceptors (Lipinski definition) is 3. The highest BCUT2D eigenvalue weighted by atomic mass is 32.1. The van der Waals surface area contributed by atoms with Crippen LogP contribution in [0, 0.1) is 40.9 Å². The number of carbonyl (C=O) groups is 2. The third-order valence-electron chi connectivity index (χ3n) is 7.54. The average Bonchev–Trinajstić information content (AvgIpc) is 2.78. The summed E-state index contributed by atoms with van der Waals surface area (Å²) < 4.78 is 14.9. The molecule has 4 aliphatic rings. The van der Waals surface area contributed by atoms with Gasteiger partial charge in [0.15, 0.2) is 10.9 Å². The van der Waals surface area contributed by atoms with Crippen LogP contribution < -0.4 is 0 Å². The van der Waals surface area contributed by atoms with Crippen molar-refractivity contribution in [2.75, 3.05) is 0 Å². The zero-order chi connectivity index (χ0) is 18.1. The lowest BCUT2D eigenvalue weighted by Gasteiger charge is -2.55. The van der Waals surface area contributed by atoms with Crippen molar-refractivity contribution in [1.29, 1.82) is 0 Å². The quantitative estimate of drug-likeness (QED) is 0.703. The van der Waals surface area contributed by atoms with Gasteiger partial charge in [-0.15, -0.1) is 12.6 Å². The fraction of sp³-hybridized carbons (Fsp3) is 0.700. The van der Waals surface area contributed by atoms with Gasteiger partial charge in [0.1, 0.15) is 6.17 Å². The van der Waals surface area contributed by atoms with Gasteiger partial charge in [-0.25, -0.2) is 4.39 Å². The molecule has 9 atom stereocenters. The van der Waals surface area contributed by atoms with Crippen molar-refractivity contribution in [2.45, 2.75) is 45.4 Å². The maximum Gasteiger partial charge on any atom is 0.189 e. The molecule has 0 spiro atoms. The van der Waals surface area contributed by atoms with E-state index in [-0.39, 0.29) is 51.8 Å². The predicted octanol–water partition coefficient (Wildman–Crippen LogP) is 3.14. The van der Waals surface area contributed by atoms with E-state index in [4.69, 9.17) is 0 Å². The Labute approximate surface area is 153 Å². The zero-order valence-electron chi connectivity index (χ0n) is 14.6. The third kappa shape index (κ3) is 2.42. The first-order valence-corrected chi connectivity index (χ1v) is 9.67. The van der Waals surface area contributed by atoms with Gasteiger partial charge < -0.3 is 5.11 Å². The molecule has 3 saturated carbocycles. The van der Waals surface area contributed by atoms with Gasteiger partial charge in [0.25, 0.3) is 0 Å². The number of allylic oxidation sites excluding steroid dienone is 4. The molecule has 0 bridgehead atoms. The molecule has 136 valence electrons. The number of fused-ring (bicyclic) bond motifs is 5. The second-order valence-corrected chi connectivity index (χ2v) is 9.23. The largest absolute Gasteiger partial charge is 0.393 e. The SMILES string of the molecule is C[C@@H]1CC2C3C[C@H](F)C4=CC(=O)C=CC4C3C(O)CC2(C)C1C(=O)S. The van der Waals surface area contributed by atoms with Gasteiger partial charge in [-0.05, 0) is 66.1 Å². The molecule has 0 saturated heterocycles. The summed E-state index contributed by atoms with van der Waals surface area (Å²) in [6.07, 6.45) is 4.73. The Balaban J connectivity index is 1.74. The lowest BCUT2D eigenvalue weighted by molar-refractivity contribution is -0.130. The molecular formula is C20H25FO3S. The number of hydrogen-bond donors (Lipinski definition) is 2. The first-order chi connectivity index (χ1) is 11.7. The van der Waals surface area contributed by atoms with Crippen LogP contribution in [0.1, 0.15) is 33.1 Å². The minimum absolute atomic E-state index is 0.0314. The summed E-state index contributed by atoms with van der Waals surface area (Å²) in [5.74, 6) is -0.183. The number of alkyl halides is 1. The fourth-order valence-corrected chi connectivity index (χ4v) is 7.31. The minimum Gasteiger partial charge on any atom is -0.393 e. The van der Waals surface area contributed by atoms with Gasteiger partial charge in [0, 0.05) is 11.8 Å². The van der Waals surface area contributed by atoms with Crippen LogP contribution in [0.25, 0.3) is 0 Å². The van der Waals surface area contributed by atoms with E-state index in [1.54, 1.807) is 6.08 Å². The molecule has 4 aliphatic carbocycles. The van der Waals surface area contributed by atoms with Gasteiger partial charge in [0.2, 0.25) is 0 Å². The molecule has 3 nitrogen and oxygen atoms in total. The highest BCUT2D eigenvalue weighted by Gasteiger charge is 2.63. The summed E-state index contributed by atoms with van der Waals surface area (Å²) in [5, 5.41) is 10.9. The molecule has 0 radical (unpaired) electrons. The first kappa shape index (κ1) is 17.5. The molecule has 7 unspecified atom stereocenters. The second-order valence-electron chi connectivity index (χ2n) is 8.79. The van der Waals surface area contributed by atoms with Crippen molar-refractivity contribution in [3.63, 3.8) is 0 Å². The van der Waals surface area contributed by atoms with E-state index < -0.39 is 12.3 Å². The molecular weight excluding hydrogens is 339 g/mol. The van der Waals surface area contributed by atoms with Crippen molar-refractivity contribution in [2.24, 2.45) is 40.9 Å². The summed E-state index contributed by atoms with van der Waals surface area (Å²) in [5.41, 5.74) is 0.206. The molecule has 0 aromatic carbocycles. The standard InChI is InChI=1S/C20H25FO3S/c1-9-5-14-13-7-15(21)12-6-10(22)3-4-11(12)17(13)16(23)8-20(14,2)18(9)19(24)25/h3-4,6,9,11,13-18,23H,5,7-8H2,1-2H3,(H,24,25)/t9-,11?,13?,14?,15+,16?,17?,18?,20?/m1/s1. The number of ketones is 1. The maximum atomic E-state index is 14.9. The highest BCUT2D eigenvalue weighted by molar-refractivity contribution is 7.96. The number of thiol groups is 1. The van der Waals surface area contributed by atoms with Crippen LogP contribution in [-0.2, 0) is 9.59 Å². The van der Waals surface area contributed by atoms with E-state index in [9.17, 15) is 19.1 Å². The first-order valence-electron chi connectivity index (χ1n) is 9.22. The predicted molar refractivity (Wildman–Crippen MR) is 95.7 cm³/mol.